The van der Waals surface area contributed by atoms with Crippen molar-refractivity contribution < 1.29 is 17.6 Å². The summed E-state index contributed by atoms with van der Waals surface area (Å²) >= 11 is 5.65. The molecule has 3 rings (SSSR count). The smallest absolute Gasteiger partial charge is 0.261 e. The molecule has 0 radical (unpaired) electrons. The van der Waals surface area contributed by atoms with Crippen molar-refractivity contribution in [3.8, 4) is 0 Å². The molecule has 0 aliphatic rings. The van der Waals surface area contributed by atoms with E-state index in [0.29, 0.717) is 11.3 Å². The number of halogens is 2. The first-order chi connectivity index (χ1) is 13.8. The zero-order chi connectivity index (χ0) is 21.0. The van der Waals surface area contributed by atoms with Gasteiger partial charge in [-0.1, -0.05) is 30.7 Å². The Hall–Kier alpha value is -2.90. The minimum atomic E-state index is -3.94. The Morgan fingerprint density at radius 1 is 0.966 bits per heavy atom. The quantitative estimate of drug-likeness (QED) is 0.569. The number of aryl methyl sites for hydroxylation is 1. The molecular formula is C21H18ClFN2O3S. The van der Waals surface area contributed by atoms with Gasteiger partial charge in [0.1, 0.15) is 5.82 Å². The highest BCUT2D eigenvalue weighted by Crippen LogP contribution is 2.22. The molecule has 0 spiro atoms. The molecule has 29 heavy (non-hydrogen) atoms. The van der Waals surface area contributed by atoms with Crippen molar-refractivity contribution in [2.75, 3.05) is 10.0 Å². The van der Waals surface area contributed by atoms with E-state index in [-0.39, 0.29) is 21.5 Å². The number of rotatable bonds is 6. The molecule has 0 bridgehead atoms. The third-order valence-electron chi connectivity index (χ3n) is 4.22. The van der Waals surface area contributed by atoms with Crippen molar-refractivity contribution in [1.82, 2.24) is 0 Å². The number of hydrogen-bond acceptors (Lipinski definition) is 3. The van der Waals surface area contributed by atoms with Crippen LogP contribution < -0.4 is 10.0 Å². The standard InChI is InChI=1S/C21H18ClFN2O3S/c1-2-14-3-7-16(8-4-14)24-21(26)15-5-9-17(10-6-15)25-29(27,28)18-11-12-20(23)19(22)13-18/h3-13,25H,2H2,1H3,(H,24,26). The van der Waals surface area contributed by atoms with Crippen LogP contribution in [-0.2, 0) is 16.4 Å². The second-order valence-electron chi connectivity index (χ2n) is 6.26. The second-order valence-corrected chi connectivity index (χ2v) is 8.35. The average Bonchev–Trinajstić information content (AvgIpc) is 2.70. The van der Waals surface area contributed by atoms with Gasteiger partial charge in [-0.05, 0) is 66.6 Å². The molecule has 2 N–H and O–H groups in total. The third kappa shape index (κ3) is 5.13. The molecule has 0 saturated heterocycles. The summed E-state index contributed by atoms with van der Waals surface area (Å²) in [6.07, 6.45) is 0.912. The highest BCUT2D eigenvalue weighted by atomic mass is 35.5. The van der Waals surface area contributed by atoms with Gasteiger partial charge in [0, 0.05) is 16.9 Å². The van der Waals surface area contributed by atoms with Crippen molar-refractivity contribution in [2.45, 2.75) is 18.2 Å². The van der Waals surface area contributed by atoms with Crippen molar-refractivity contribution in [1.29, 1.82) is 0 Å². The van der Waals surface area contributed by atoms with E-state index in [4.69, 9.17) is 11.6 Å². The number of benzene rings is 3. The van der Waals surface area contributed by atoms with E-state index in [1.807, 2.05) is 31.2 Å². The van der Waals surface area contributed by atoms with Gasteiger partial charge in [-0.15, -0.1) is 0 Å². The summed E-state index contributed by atoms with van der Waals surface area (Å²) in [6, 6.07) is 16.6. The molecule has 0 heterocycles. The number of nitrogens with one attached hydrogen (secondary N) is 2. The lowest BCUT2D eigenvalue weighted by Crippen LogP contribution is -2.14. The van der Waals surface area contributed by atoms with Crippen LogP contribution in [0.25, 0.3) is 0 Å². The van der Waals surface area contributed by atoms with Crippen LogP contribution >= 0.6 is 11.6 Å². The van der Waals surface area contributed by atoms with Gasteiger partial charge in [-0.2, -0.15) is 0 Å². The Balaban J connectivity index is 1.70. The van der Waals surface area contributed by atoms with Crippen LogP contribution in [0, 0.1) is 5.82 Å². The van der Waals surface area contributed by atoms with E-state index in [0.717, 1.165) is 24.6 Å². The van der Waals surface area contributed by atoms with Crippen LogP contribution in [0.5, 0.6) is 0 Å². The number of amides is 1. The summed E-state index contributed by atoms with van der Waals surface area (Å²) in [5.74, 6) is -1.01. The van der Waals surface area contributed by atoms with Crippen molar-refractivity contribution >= 4 is 38.9 Å². The molecule has 0 fully saturated rings. The first-order valence-corrected chi connectivity index (χ1v) is 10.6. The molecule has 150 valence electrons. The highest BCUT2D eigenvalue weighted by Gasteiger charge is 2.16. The largest absolute Gasteiger partial charge is 0.322 e. The zero-order valence-electron chi connectivity index (χ0n) is 15.4. The lowest BCUT2D eigenvalue weighted by atomic mass is 10.1. The fraction of sp³-hybridized carbons (Fsp3) is 0.0952. The predicted molar refractivity (Wildman–Crippen MR) is 112 cm³/mol. The average molecular weight is 433 g/mol. The Bertz CT molecular complexity index is 1130. The van der Waals surface area contributed by atoms with E-state index in [2.05, 4.69) is 10.0 Å². The lowest BCUT2D eigenvalue weighted by molar-refractivity contribution is 0.102. The van der Waals surface area contributed by atoms with Gasteiger partial charge in [-0.25, -0.2) is 12.8 Å². The molecule has 1 amide bonds. The van der Waals surface area contributed by atoms with Crippen molar-refractivity contribution in [2.24, 2.45) is 0 Å². The first-order valence-electron chi connectivity index (χ1n) is 8.77. The molecule has 8 heteroatoms. The van der Waals surface area contributed by atoms with Crippen molar-refractivity contribution in [3.05, 3.63) is 88.7 Å². The van der Waals surface area contributed by atoms with Gasteiger partial charge in [0.05, 0.1) is 9.92 Å². The Kier molecular flexibility index (Phi) is 6.20. The SMILES string of the molecule is CCc1ccc(NC(=O)c2ccc(NS(=O)(=O)c3ccc(F)c(Cl)c3)cc2)cc1. The number of carbonyl (C=O) groups excluding carboxylic acids is 1. The molecule has 0 aromatic heterocycles. The number of anilines is 2. The molecular weight excluding hydrogens is 415 g/mol. The van der Waals surface area contributed by atoms with E-state index in [9.17, 15) is 17.6 Å². The van der Waals surface area contributed by atoms with Crippen molar-refractivity contribution in [3.63, 3.8) is 0 Å². The van der Waals surface area contributed by atoms with Crippen LogP contribution in [0.3, 0.4) is 0 Å². The zero-order valence-corrected chi connectivity index (χ0v) is 17.0. The van der Waals surface area contributed by atoms with Crippen LogP contribution in [0.2, 0.25) is 5.02 Å². The molecule has 3 aromatic carbocycles. The Labute approximate surface area is 173 Å². The molecule has 0 aliphatic heterocycles. The minimum absolute atomic E-state index is 0.166. The third-order valence-corrected chi connectivity index (χ3v) is 5.89. The maximum absolute atomic E-state index is 13.2. The summed E-state index contributed by atoms with van der Waals surface area (Å²) < 4.78 is 40.4. The normalized spacial score (nSPS) is 11.1. The fourth-order valence-electron chi connectivity index (χ4n) is 2.57. The molecule has 0 atom stereocenters. The topological polar surface area (TPSA) is 75.3 Å². The van der Waals surface area contributed by atoms with Crippen LogP contribution in [0.15, 0.2) is 71.6 Å². The highest BCUT2D eigenvalue weighted by molar-refractivity contribution is 7.92. The molecule has 5 nitrogen and oxygen atoms in total. The maximum atomic E-state index is 13.2. The second kappa shape index (κ2) is 8.63. The van der Waals surface area contributed by atoms with E-state index >= 15 is 0 Å². The predicted octanol–water partition coefficient (Wildman–Crippen LogP) is 5.09. The van der Waals surface area contributed by atoms with E-state index in [1.165, 1.54) is 29.8 Å². The van der Waals surface area contributed by atoms with Gasteiger partial charge in [0.25, 0.3) is 15.9 Å². The van der Waals surface area contributed by atoms with Gasteiger partial charge < -0.3 is 5.32 Å². The van der Waals surface area contributed by atoms with Gasteiger partial charge in [0.15, 0.2) is 0 Å². The van der Waals surface area contributed by atoms with Crippen LogP contribution in [0.1, 0.15) is 22.8 Å². The summed E-state index contributed by atoms with van der Waals surface area (Å²) in [5.41, 5.74) is 2.47. The molecule has 3 aromatic rings. The number of hydrogen-bond donors (Lipinski definition) is 2. The van der Waals surface area contributed by atoms with Gasteiger partial charge >= 0.3 is 0 Å². The minimum Gasteiger partial charge on any atom is -0.322 e. The monoisotopic (exact) mass is 432 g/mol. The Morgan fingerprint density at radius 2 is 1.59 bits per heavy atom. The van der Waals surface area contributed by atoms with Crippen LogP contribution in [0.4, 0.5) is 15.8 Å². The molecule has 0 unspecified atom stereocenters. The maximum Gasteiger partial charge on any atom is 0.261 e. The molecule has 0 aliphatic carbocycles. The van der Waals surface area contributed by atoms with Gasteiger partial charge in [-0.3, -0.25) is 9.52 Å². The van der Waals surface area contributed by atoms with E-state index in [1.54, 1.807) is 0 Å². The number of carbonyl (C=O) groups is 1. The summed E-state index contributed by atoms with van der Waals surface area (Å²) in [7, 11) is -3.94. The van der Waals surface area contributed by atoms with E-state index < -0.39 is 15.8 Å². The summed E-state index contributed by atoms with van der Waals surface area (Å²) in [5, 5.41) is 2.50. The molecule has 0 saturated carbocycles. The fourth-order valence-corrected chi connectivity index (χ4v) is 3.90. The van der Waals surface area contributed by atoms with Gasteiger partial charge in [0.2, 0.25) is 0 Å². The summed E-state index contributed by atoms with van der Waals surface area (Å²) in [4.78, 5) is 12.2. The Morgan fingerprint density at radius 3 is 2.17 bits per heavy atom. The summed E-state index contributed by atoms with van der Waals surface area (Å²) in [6.45, 7) is 2.05. The lowest BCUT2D eigenvalue weighted by Gasteiger charge is -2.10. The first kappa shape index (κ1) is 20.8. The number of sulfonamides is 1. The van der Waals surface area contributed by atoms with Crippen LogP contribution in [-0.4, -0.2) is 14.3 Å².